The molecule has 0 radical (unpaired) electrons. The number of rotatable bonds is 23. The Morgan fingerprint density at radius 3 is 2.09 bits per heavy atom. The van der Waals surface area contributed by atoms with Crippen LogP contribution in [0.1, 0.15) is 67.6 Å². The number of hydrogen-bond donors (Lipinski definition) is 5. The molecule has 16 nitrogen and oxygen atoms in total. The van der Waals surface area contributed by atoms with Crippen LogP contribution >= 0.6 is 0 Å². The average molecular weight is 744 g/mol. The van der Waals surface area contributed by atoms with Crippen LogP contribution < -0.4 is 21.3 Å². The lowest BCUT2D eigenvalue weighted by Gasteiger charge is -2.34. The van der Waals surface area contributed by atoms with E-state index in [-0.39, 0.29) is 77.0 Å². The third kappa shape index (κ3) is 13.9. The van der Waals surface area contributed by atoms with Crippen molar-refractivity contribution in [2.75, 3.05) is 64.7 Å². The molecule has 1 aromatic carbocycles. The predicted molar refractivity (Wildman–Crippen MR) is 200 cm³/mol. The Hall–Kier alpha value is -4.22. The van der Waals surface area contributed by atoms with Crippen LogP contribution in [0.5, 0.6) is 0 Å². The van der Waals surface area contributed by atoms with Crippen LogP contribution in [-0.4, -0.2) is 114 Å². The molecule has 3 rings (SSSR count). The van der Waals surface area contributed by atoms with Crippen LogP contribution in [0.2, 0.25) is 0 Å². The fourth-order valence-electron chi connectivity index (χ4n) is 5.95. The Kier molecular flexibility index (Phi) is 16.1. The zero-order chi connectivity index (χ0) is 39.2. The van der Waals surface area contributed by atoms with Gasteiger partial charge in [0.15, 0.2) is 5.82 Å². The zero-order valence-electron chi connectivity index (χ0n) is 32.3. The van der Waals surface area contributed by atoms with Gasteiger partial charge in [0.05, 0.1) is 56.2 Å². The van der Waals surface area contributed by atoms with E-state index < -0.39 is 28.4 Å². The van der Waals surface area contributed by atoms with Crippen molar-refractivity contribution < 1.29 is 43.2 Å². The van der Waals surface area contributed by atoms with Gasteiger partial charge in [-0.05, 0) is 54.0 Å². The summed E-state index contributed by atoms with van der Waals surface area (Å²) in [7, 11) is 0. The minimum Gasteiger partial charge on any atom is -0.389 e. The summed E-state index contributed by atoms with van der Waals surface area (Å²) in [5.41, 5.74) is -0.545. The molecule has 2 heterocycles. The second kappa shape index (κ2) is 19.7. The number of pyridine rings is 1. The third-order valence-electron chi connectivity index (χ3n) is 7.87. The van der Waals surface area contributed by atoms with Gasteiger partial charge in [0.1, 0.15) is 31.2 Å². The molecule has 0 saturated carbocycles. The molecule has 5 N–H and O–H groups in total. The van der Waals surface area contributed by atoms with Crippen molar-refractivity contribution in [3.05, 3.63) is 30.1 Å². The standard InChI is InChI=1S/C37H57N7O9/c1-9-38-34(48)35(3,4)23-36(5,6)43-30(47)22-53-18-16-51-15-17-52-21-29(46)39-19-28(45)42-33-31-32(25-13-11-12-14-26(25)40-33)44(24-37(7,8)49)27(41-31)20-50-10-2/h11-14,49H,9-10,15-24H2,1-8H3,(H,38,48)(H,39,46)(H,43,47)(H,40,42,45). The number of carbonyl (C=O) groups excluding carboxylic acids is 4. The molecular formula is C37H57N7O9. The minimum absolute atomic E-state index is 0.0675. The monoisotopic (exact) mass is 743 g/mol. The second-order valence-electron chi connectivity index (χ2n) is 14.6. The lowest BCUT2D eigenvalue weighted by Crippen LogP contribution is -2.50. The maximum atomic E-state index is 12.9. The van der Waals surface area contributed by atoms with E-state index in [1.54, 1.807) is 13.8 Å². The van der Waals surface area contributed by atoms with E-state index in [1.807, 2.05) is 70.4 Å². The number of para-hydroxylation sites is 1. The molecule has 0 spiro atoms. The molecule has 16 heteroatoms. The molecule has 0 aliphatic heterocycles. The molecule has 0 bridgehead atoms. The average Bonchev–Trinajstić information content (AvgIpc) is 3.42. The molecule has 53 heavy (non-hydrogen) atoms. The van der Waals surface area contributed by atoms with E-state index in [0.29, 0.717) is 41.9 Å². The number of aliphatic hydroxyl groups is 1. The van der Waals surface area contributed by atoms with Gasteiger partial charge >= 0.3 is 0 Å². The van der Waals surface area contributed by atoms with Crippen molar-refractivity contribution in [3.8, 4) is 0 Å². The van der Waals surface area contributed by atoms with Crippen molar-refractivity contribution >= 4 is 51.4 Å². The maximum absolute atomic E-state index is 12.9. The van der Waals surface area contributed by atoms with Gasteiger partial charge in [-0.15, -0.1) is 0 Å². The highest BCUT2D eigenvalue weighted by Crippen LogP contribution is 2.32. The molecule has 4 amide bonds. The van der Waals surface area contributed by atoms with Crippen LogP contribution in [0.15, 0.2) is 24.3 Å². The normalized spacial score (nSPS) is 12.2. The summed E-state index contributed by atoms with van der Waals surface area (Å²) in [5.74, 6) is -0.549. The van der Waals surface area contributed by atoms with Crippen molar-refractivity contribution in [1.29, 1.82) is 0 Å². The molecular weight excluding hydrogens is 686 g/mol. The van der Waals surface area contributed by atoms with E-state index in [4.69, 9.17) is 23.9 Å². The highest BCUT2D eigenvalue weighted by molar-refractivity contribution is 6.10. The van der Waals surface area contributed by atoms with Crippen molar-refractivity contribution in [3.63, 3.8) is 0 Å². The van der Waals surface area contributed by atoms with Gasteiger partial charge in [-0.2, -0.15) is 0 Å². The summed E-state index contributed by atoms with van der Waals surface area (Å²) >= 11 is 0. The Morgan fingerprint density at radius 1 is 0.811 bits per heavy atom. The Bertz CT molecular complexity index is 1700. The number of hydrogen-bond acceptors (Lipinski definition) is 11. The molecule has 0 saturated heterocycles. The van der Waals surface area contributed by atoms with Crippen molar-refractivity contribution in [2.24, 2.45) is 5.41 Å². The van der Waals surface area contributed by atoms with E-state index in [2.05, 4.69) is 26.3 Å². The molecule has 0 fully saturated rings. The molecule has 3 aromatic rings. The number of carbonyl (C=O) groups is 4. The molecule has 0 aliphatic carbocycles. The van der Waals surface area contributed by atoms with Gasteiger partial charge in [-0.1, -0.05) is 32.0 Å². The number of ether oxygens (including phenoxy) is 4. The highest BCUT2D eigenvalue weighted by atomic mass is 16.5. The van der Waals surface area contributed by atoms with Crippen LogP contribution in [0.4, 0.5) is 5.82 Å². The van der Waals surface area contributed by atoms with Crippen LogP contribution in [0.3, 0.4) is 0 Å². The summed E-state index contributed by atoms with van der Waals surface area (Å²) in [6, 6.07) is 7.46. The summed E-state index contributed by atoms with van der Waals surface area (Å²) in [6.07, 6.45) is 0.451. The number of benzene rings is 1. The Balaban J connectivity index is 1.39. The van der Waals surface area contributed by atoms with Crippen LogP contribution in [-0.2, 0) is 51.3 Å². The van der Waals surface area contributed by atoms with Gasteiger partial charge in [-0.3, -0.25) is 19.2 Å². The Morgan fingerprint density at radius 2 is 1.45 bits per heavy atom. The van der Waals surface area contributed by atoms with Crippen molar-refractivity contribution in [1.82, 2.24) is 30.5 Å². The minimum atomic E-state index is -1.05. The van der Waals surface area contributed by atoms with E-state index in [1.165, 1.54) is 0 Å². The summed E-state index contributed by atoms with van der Waals surface area (Å²) in [5, 5.41) is 22.5. The first-order chi connectivity index (χ1) is 25.0. The number of amides is 4. The first-order valence-electron chi connectivity index (χ1n) is 17.9. The van der Waals surface area contributed by atoms with Crippen LogP contribution in [0.25, 0.3) is 21.9 Å². The first kappa shape index (κ1) is 43.2. The third-order valence-corrected chi connectivity index (χ3v) is 7.87. The number of nitrogens with zero attached hydrogens (tertiary/aromatic N) is 3. The lowest BCUT2D eigenvalue weighted by atomic mass is 9.79. The SMILES string of the molecule is CCNC(=O)C(C)(C)CC(C)(C)NC(=O)COCCOCCOCC(=O)NCC(=O)Nc1nc2ccccc2c2c1nc(COCC)n2CC(C)(C)O. The molecule has 2 aromatic heterocycles. The number of aromatic nitrogens is 3. The van der Waals surface area contributed by atoms with Gasteiger partial charge in [-0.25, -0.2) is 9.97 Å². The molecule has 0 aliphatic rings. The zero-order valence-corrected chi connectivity index (χ0v) is 32.3. The predicted octanol–water partition coefficient (Wildman–Crippen LogP) is 2.44. The first-order valence-corrected chi connectivity index (χ1v) is 17.9. The van der Waals surface area contributed by atoms with Gasteiger partial charge in [0.2, 0.25) is 23.6 Å². The van der Waals surface area contributed by atoms with E-state index >= 15 is 0 Å². The second-order valence-corrected chi connectivity index (χ2v) is 14.6. The summed E-state index contributed by atoms with van der Waals surface area (Å²) in [6.45, 7) is 16.0. The summed E-state index contributed by atoms with van der Waals surface area (Å²) in [4.78, 5) is 59.3. The largest absolute Gasteiger partial charge is 0.389 e. The number of fused-ring (bicyclic) bond motifs is 3. The van der Waals surface area contributed by atoms with Gasteiger partial charge < -0.3 is 49.9 Å². The highest BCUT2D eigenvalue weighted by Gasteiger charge is 2.35. The van der Waals surface area contributed by atoms with Crippen molar-refractivity contribution in [2.45, 2.75) is 86.1 Å². The van der Waals surface area contributed by atoms with E-state index in [9.17, 15) is 24.3 Å². The lowest BCUT2D eigenvalue weighted by molar-refractivity contribution is -0.133. The fraction of sp³-hybridized carbons (Fsp3) is 0.622. The fourth-order valence-corrected chi connectivity index (χ4v) is 5.95. The topological polar surface area (TPSA) is 204 Å². The number of anilines is 1. The summed E-state index contributed by atoms with van der Waals surface area (Å²) < 4.78 is 23.7. The molecule has 0 atom stereocenters. The smallest absolute Gasteiger partial charge is 0.246 e. The van der Waals surface area contributed by atoms with E-state index in [0.717, 1.165) is 5.39 Å². The number of nitrogens with one attached hydrogen (secondary N) is 4. The molecule has 294 valence electrons. The van der Waals surface area contributed by atoms with Crippen LogP contribution in [0, 0.1) is 5.41 Å². The Labute approximate surface area is 311 Å². The van der Waals surface area contributed by atoms with Gasteiger partial charge in [0.25, 0.3) is 0 Å². The maximum Gasteiger partial charge on any atom is 0.246 e. The molecule has 0 unspecified atom stereocenters. The quantitative estimate of drug-likeness (QED) is 0.0893. The van der Waals surface area contributed by atoms with Gasteiger partial charge in [0, 0.05) is 29.5 Å². The number of imidazole rings is 1.